The molecule has 0 saturated carbocycles. The van der Waals surface area contributed by atoms with Crippen molar-refractivity contribution in [3.63, 3.8) is 0 Å². The van der Waals surface area contributed by atoms with Gasteiger partial charge in [0.1, 0.15) is 18.8 Å². The number of hydrogen-bond donors (Lipinski definition) is 7. The standard InChI is InChI=1S/C21H31N5O7S/c1-12-18(28)15(6-8-32-12)26-21(31)33-10-13-4-5-14(9-17(13)34)25-19(29)16(24-11-27)3-2-7-23-20(22)30/h4-5,9,11-12,15-16,18,28,34H,2-3,6-8,10H2,1H3,(H,24,27)(H,25,29)(H,26,31)(H3,22,23,30). The number of carbonyl (C=O) groups excluding carboxylic acids is 4. The molecule has 0 aliphatic carbocycles. The number of ether oxygens (including phenoxy) is 2. The van der Waals surface area contributed by atoms with Gasteiger partial charge in [-0.3, -0.25) is 9.59 Å². The second kappa shape index (κ2) is 13.6. The van der Waals surface area contributed by atoms with Gasteiger partial charge in [0.25, 0.3) is 0 Å². The maximum Gasteiger partial charge on any atom is 0.407 e. The Kier molecular flexibility index (Phi) is 10.9. The predicted octanol–water partition coefficient (Wildman–Crippen LogP) is 0.241. The Morgan fingerprint density at radius 2 is 2.15 bits per heavy atom. The summed E-state index contributed by atoms with van der Waals surface area (Å²) >= 11 is 4.39. The summed E-state index contributed by atoms with van der Waals surface area (Å²) in [4.78, 5) is 46.6. The number of carbonyl (C=O) groups is 4. The van der Waals surface area contributed by atoms with Crippen LogP contribution < -0.4 is 27.0 Å². The molecule has 7 N–H and O–H groups in total. The third-order valence-corrected chi connectivity index (χ3v) is 5.69. The predicted molar refractivity (Wildman–Crippen MR) is 125 cm³/mol. The van der Waals surface area contributed by atoms with Crippen molar-refractivity contribution in [2.45, 2.75) is 62.0 Å². The van der Waals surface area contributed by atoms with Crippen LogP contribution in [0, 0.1) is 0 Å². The maximum atomic E-state index is 12.5. The maximum absolute atomic E-state index is 12.5. The number of primary amides is 1. The lowest BCUT2D eigenvalue weighted by Crippen LogP contribution is -2.52. The van der Waals surface area contributed by atoms with Crippen LogP contribution in [-0.2, 0) is 25.7 Å². The molecule has 1 aliphatic rings. The van der Waals surface area contributed by atoms with E-state index in [1.54, 1.807) is 25.1 Å². The number of urea groups is 1. The van der Waals surface area contributed by atoms with E-state index in [1.807, 2.05) is 0 Å². The fraction of sp³-hybridized carbons (Fsp3) is 0.524. The quantitative estimate of drug-likeness (QED) is 0.130. The summed E-state index contributed by atoms with van der Waals surface area (Å²) in [7, 11) is 0. The van der Waals surface area contributed by atoms with Crippen LogP contribution in [0.15, 0.2) is 23.1 Å². The van der Waals surface area contributed by atoms with E-state index >= 15 is 0 Å². The molecule has 1 aliphatic heterocycles. The zero-order chi connectivity index (χ0) is 25.1. The van der Waals surface area contributed by atoms with Crippen LogP contribution in [0.25, 0.3) is 0 Å². The number of rotatable bonds is 11. The van der Waals surface area contributed by atoms with Gasteiger partial charge < -0.3 is 41.6 Å². The molecule has 1 aromatic carbocycles. The summed E-state index contributed by atoms with van der Waals surface area (Å²) < 4.78 is 10.6. The number of alkyl carbamates (subject to hydrolysis) is 1. The van der Waals surface area contributed by atoms with Crippen LogP contribution in [0.1, 0.15) is 31.7 Å². The number of nitrogens with two attached hydrogens (primary N) is 1. The first-order valence-corrected chi connectivity index (χ1v) is 11.2. The molecule has 1 heterocycles. The third kappa shape index (κ3) is 8.72. The van der Waals surface area contributed by atoms with Gasteiger partial charge in [-0.25, -0.2) is 9.59 Å². The average molecular weight is 498 g/mol. The number of aliphatic hydroxyl groups excluding tert-OH is 1. The molecule has 0 spiro atoms. The number of aliphatic hydroxyl groups is 1. The topological polar surface area (TPSA) is 181 Å². The Morgan fingerprint density at radius 3 is 2.82 bits per heavy atom. The summed E-state index contributed by atoms with van der Waals surface area (Å²) in [6.07, 6.45) is -0.227. The average Bonchev–Trinajstić information content (AvgIpc) is 2.78. The van der Waals surface area contributed by atoms with Crippen LogP contribution in [-0.4, -0.2) is 67.0 Å². The zero-order valence-electron chi connectivity index (χ0n) is 18.8. The van der Waals surface area contributed by atoms with E-state index < -0.39 is 36.2 Å². The van der Waals surface area contributed by atoms with Gasteiger partial charge in [0.05, 0.1) is 12.1 Å². The van der Waals surface area contributed by atoms with Gasteiger partial charge in [-0.2, -0.15) is 0 Å². The van der Waals surface area contributed by atoms with Gasteiger partial charge in [-0.15, -0.1) is 12.6 Å². The van der Waals surface area contributed by atoms with Crippen LogP contribution in [0.5, 0.6) is 0 Å². The fourth-order valence-electron chi connectivity index (χ4n) is 3.35. The minimum Gasteiger partial charge on any atom is -0.445 e. The highest BCUT2D eigenvalue weighted by molar-refractivity contribution is 7.80. The summed E-state index contributed by atoms with van der Waals surface area (Å²) in [5.74, 6) is -0.438. The van der Waals surface area contributed by atoms with Crippen molar-refractivity contribution in [2.75, 3.05) is 18.5 Å². The van der Waals surface area contributed by atoms with Crippen LogP contribution in [0.3, 0.4) is 0 Å². The minimum absolute atomic E-state index is 0.0596. The summed E-state index contributed by atoms with van der Waals surface area (Å²) in [6.45, 7) is 2.38. The normalized spacial score (nSPS) is 20.5. The number of benzene rings is 1. The fourth-order valence-corrected chi connectivity index (χ4v) is 3.63. The molecular weight excluding hydrogens is 466 g/mol. The second-order valence-electron chi connectivity index (χ2n) is 7.79. The first-order chi connectivity index (χ1) is 16.2. The molecule has 1 aromatic rings. The van der Waals surface area contributed by atoms with E-state index in [0.717, 1.165) is 0 Å². The molecule has 1 saturated heterocycles. The summed E-state index contributed by atoms with van der Waals surface area (Å²) in [5.41, 5.74) is 6.04. The van der Waals surface area contributed by atoms with E-state index in [9.17, 15) is 24.3 Å². The lowest BCUT2D eigenvalue weighted by molar-refractivity contribution is -0.121. The number of nitrogens with one attached hydrogen (secondary N) is 4. The molecular formula is C21H31N5O7S. The number of hydrogen-bond acceptors (Lipinski definition) is 8. The van der Waals surface area contributed by atoms with Gasteiger partial charge >= 0.3 is 12.1 Å². The largest absolute Gasteiger partial charge is 0.445 e. The van der Waals surface area contributed by atoms with Gasteiger partial charge in [-0.1, -0.05) is 6.07 Å². The van der Waals surface area contributed by atoms with Crippen molar-refractivity contribution in [3.05, 3.63) is 23.8 Å². The van der Waals surface area contributed by atoms with Crippen LogP contribution in [0.4, 0.5) is 15.3 Å². The highest BCUT2D eigenvalue weighted by atomic mass is 32.1. The monoisotopic (exact) mass is 497 g/mol. The van der Waals surface area contributed by atoms with Crippen LogP contribution >= 0.6 is 12.6 Å². The second-order valence-corrected chi connectivity index (χ2v) is 8.27. The molecule has 5 amide bonds. The van der Waals surface area contributed by atoms with E-state index in [4.69, 9.17) is 15.2 Å². The Labute approximate surface area is 202 Å². The highest BCUT2D eigenvalue weighted by Crippen LogP contribution is 2.21. The highest BCUT2D eigenvalue weighted by Gasteiger charge is 2.31. The molecule has 12 nitrogen and oxygen atoms in total. The number of anilines is 1. The molecule has 0 radical (unpaired) electrons. The zero-order valence-corrected chi connectivity index (χ0v) is 19.7. The first kappa shape index (κ1) is 27.2. The molecule has 0 bridgehead atoms. The van der Waals surface area contributed by atoms with E-state index in [-0.39, 0.29) is 19.3 Å². The van der Waals surface area contributed by atoms with E-state index in [2.05, 4.69) is 33.9 Å². The molecule has 2 rings (SSSR count). The van der Waals surface area contributed by atoms with Gasteiger partial charge in [-0.05, 0) is 38.3 Å². The Hall–Kier alpha value is -3.03. The van der Waals surface area contributed by atoms with Crippen molar-refractivity contribution >= 4 is 42.8 Å². The molecule has 1 fully saturated rings. The molecule has 13 heteroatoms. The molecule has 4 unspecified atom stereocenters. The van der Waals surface area contributed by atoms with Crippen molar-refractivity contribution in [3.8, 4) is 0 Å². The lowest BCUT2D eigenvalue weighted by atomic mass is 10.0. The molecule has 34 heavy (non-hydrogen) atoms. The minimum atomic E-state index is -0.818. The van der Waals surface area contributed by atoms with Crippen LogP contribution in [0.2, 0.25) is 0 Å². The lowest BCUT2D eigenvalue weighted by Gasteiger charge is -2.33. The molecule has 4 atom stereocenters. The SMILES string of the molecule is CC1OCCC(NC(=O)OCc2ccc(NC(=O)C(CCCNC(N)=O)NC=O)cc2S)C1O. The molecule has 0 aromatic heterocycles. The Bertz CT molecular complexity index is 872. The van der Waals surface area contributed by atoms with E-state index in [1.165, 1.54) is 0 Å². The van der Waals surface area contributed by atoms with Crippen molar-refractivity contribution in [1.82, 2.24) is 16.0 Å². The van der Waals surface area contributed by atoms with Gasteiger partial charge in [0.15, 0.2) is 0 Å². The third-order valence-electron chi connectivity index (χ3n) is 5.27. The van der Waals surface area contributed by atoms with Crippen molar-refractivity contribution in [2.24, 2.45) is 5.73 Å². The molecule has 188 valence electrons. The smallest absolute Gasteiger partial charge is 0.407 e. The number of amides is 5. The van der Waals surface area contributed by atoms with Gasteiger partial charge in [0, 0.05) is 29.3 Å². The Morgan fingerprint density at radius 1 is 1.38 bits per heavy atom. The van der Waals surface area contributed by atoms with Gasteiger partial charge in [0.2, 0.25) is 12.3 Å². The van der Waals surface area contributed by atoms with Crippen molar-refractivity contribution in [1.29, 1.82) is 0 Å². The van der Waals surface area contributed by atoms with Crippen molar-refractivity contribution < 1.29 is 33.8 Å². The summed E-state index contributed by atoms with van der Waals surface area (Å²) in [5, 5.41) is 20.3. The first-order valence-electron chi connectivity index (χ1n) is 10.8. The summed E-state index contributed by atoms with van der Waals surface area (Å²) in [6, 6.07) is 2.94. The van der Waals surface area contributed by atoms with E-state index in [0.29, 0.717) is 48.4 Å². The Balaban J connectivity index is 1.85. The number of thiol groups is 1.